The summed E-state index contributed by atoms with van der Waals surface area (Å²) in [6.07, 6.45) is 1.82. The van der Waals surface area contributed by atoms with Crippen molar-refractivity contribution in [3.05, 3.63) is 29.3 Å². The van der Waals surface area contributed by atoms with Gasteiger partial charge in [-0.1, -0.05) is 17.7 Å². The Bertz CT molecular complexity index is 365. The fraction of sp³-hybridized carbons (Fsp3) is 0.538. The van der Waals surface area contributed by atoms with E-state index in [-0.39, 0.29) is 0 Å². The van der Waals surface area contributed by atoms with Crippen LogP contribution in [0.4, 0.5) is 5.69 Å². The molecule has 0 fully saturated rings. The molecular formula is C13H19NO. The Morgan fingerprint density at radius 1 is 1.47 bits per heavy atom. The van der Waals surface area contributed by atoms with Gasteiger partial charge < -0.3 is 10.4 Å². The highest BCUT2D eigenvalue weighted by molar-refractivity contribution is 5.57. The lowest BCUT2D eigenvalue weighted by Gasteiger charge is -2.22. The number of nitrogens with one attached hydrogen (secondary N) is 1. The summed E-state index contributed by atoms with van der Waals surface area (Å²) >= 11 is 0. The SMILES string of the molecule is Cc1ccc2c(c1)CC(CC(C)(C)O)N2. The molecule has 2 N–H and O–H groups in total. The molecule has 15 heavy (non-hydrogen) atoms. The zero-order valence-electron chi connectivity index (χ0n) is 9.67. The summed E-state index contributed by atoms with van der Waals surface area (Å²) in [4.78, 5) is 0. The van der Waals surface area contributed by atoms with Crippen molar-refractivity contribution in [3.8, 4) is 0 Å². The first-order valence-electron chi connectivity index (χ1n) is 5.52. The number of aliphatic hydroxyl groups is 1. The van der Waals surface area contributed by atoms with Gasteiger partial charge in [-0.25, -0.2) is 0 Å². The average Bonchev–Trinajstić information content (AvgIpc) is 2.42. The van der Waals surface area contributed by atoms with E-state index < -0.39 is 5.60 Å². The summed E-state index contributed by atoms with van der Waals surface area (Å²) in [7, 11) is 0. The molecule has 0 bridgehead atoms. The molecule has 0 amide bonds. The first-order valence-corrected chi connectivity index (χ1v) is 5.52. The number of rotatable bonds is 2. The predicted molar refractivity (Wildman–Crippen MR) is 63.2 cm³/mol. The first-order chi connectivity index (χ1) is 6.94. The van der Waals surface area contributed by atoms with E-state index in [9.17, 15) is 5.11 Å². The summed E-state index contributed by atoms with van der Waals surface area (Å²) in [5.41, 5.74) is 3.33. The van der Waals surface area contributed by atoms with E-state index in [1.165, 1.54) is 16.8 Å². The van der Waals surface area contributed by atoms with Gasteiger partial charge in [-0.2, -0.15) is 0 Å². The van der Waals surface area contributed by atoms with Crippen molar-refractivity contribution in [1.29, 1.82) is 0 Å². The molecule has 0 aliphatic carbocycles. The fourth-order valence-electron chi connectivity index (χ4n) is 2.29. The molecule has 0 aromatic heterocycles. The van der Waals surface area contributed by atoms with Gasteiger partial charge in [-0.3, -0.25) is 0 Å². The van der Waals surface area contributed by atoms with Gasteiger partial charge in [-0.15, -0.1) is 0 Å². The quantitative estimate of drug-likeness (QED) is 0.777. The van der Waals surface area contributed by atoms with Gasteiger partial charge in [0.25, 0.3) is 0 Å². The summed E-state index contributed by atoms with van der Waals surface area (Å²) in [5.74, 6) is 0. The van der Waals surface area contributed by atoms with Crippen LogP contribution in [0, 0.1) is 6.92 Å². The van der Waals surface area contributed by atoms with Crippen LogP contribution in [-0.4, -0.2) is 16.7 Å². The molecule has 1 heterocycles. The average molecular weight is 205 g/mol. The molecule has 0 spiro atoms. The van der Waals surface area contributed by atoms with Crippen LogP contribution in [0.1, 0.15) is 31.4 Å². The smallest absolute Gasteiger partial charge is 0.0611 e. The van der Waals surface area contributed by atoms with Crippen molar-refractivity contribution in [3.63, 3.8) is 0 Å². The highest BCUT2D eigenvalue weighted by Crippen LogP contribution is 2.29. The van der Waals surface area contributed by atoms with Crippen LogP contribution in [0.3, 0.4) is 0 Å². The number of hydrogen-bond acceptors (Lipinski definition) is 2. The van der Waals surface area contributed by atoms with Gasteiger partial charge in [0.05, 0.1) is 5.60 Å². The Hall–Kier alpha value is -1.02. The largest absolute Gasteiger partial charge is 0.390 e. The third kappa shape index (κ3) is 2.51. The molecular weight excluding hydrogens is 186 g/mol. The number of aryl methyl sites for hydroxylation is 1. The standard InChI is InChI=1S/C13H19NO/c1-9-4-5-12-10(6-9)7-11(14-12)8-13(2,3)15/h4-6,11,14-15H,7-8H2,1-3H3. The topological polar surface area (TPSA) is 32.3 Å². The van der Waals surface area contributed by atoms with Crippen LogP contribution in [-0.2, 0) is 6.42 Å². The second-order valence-electron chi connectivity index (χ2n) is 5.22. The molecule has 1 aliphatic heterocycles. The van der Waals surface area contributed by atoms with Gasteiger partial charge in [0.15, 0.2) is 0 Å². The summed E-state index contributed by atoms with van der Waals surface area (Å²) in [6.45, 7) is 5.84. The van der Waals surface area contributed by atoms with E-state index in [1.807, 2.05) is 13.8 Å². The summed E-state index contributed by atoms with van der Waals surface area (Å²) in [6, 6.07) is 6.86. The van der Waals surface area contributed by atoms with E-state index in [1.54, 1.807) is 0 Å². The molecule has 1 atom stereocenters. The molecule has 2 heteroatoms. The van der Waals surface area contributed by atoms with E-state index in [0.29, 0.717) is 6.04 Å². The summed E-state index contributed by atoms with van der Waals surface area (Å²) in [5, 5.41) is 13.2. The Labute approximate surface area is 91.3 Å². The zero-order valence-corrected chi connectivity index (χ0v) is 9.67. The third-order valence-corrected chi connectivity index (χ3v) is 2.83. The van der Waals surface area contributed by atoms with Gasteiger partial charge in [0.1, 0.15) is 0 Å². The van der Waals surface area contributed by atoms with Gasteiger partial charge in [0.2, 0.25) is 0 Å². The number of benzene rings is 1. The van der Waals surface area contributed by atoms with E-state index >= 15 is 0 Å². The highest BCUT2D eigenvalue weighted by atomic mass is 16.3. The molecule has 82 valence electrons. The predicted octanol–water partition coefficient (Wildman–Crippen LogP) is 2.49. The van der Waals surface area contributed by atoms with Crippen molar-refractivity contribution >= 4 is 5.69 Å². The molecule has 1 aliphatic rings. The van der Waals surface area contributed by atoms with Crippen LogP contribution < -0.4 is 5.32 Å². The molecule has 2 rings (SSSR count). The monoisotopic (exact) mass is 205 g/mol. The Kier molecular flexibility index (Phi) is 2.47. The minimum absolute atomic E-state index is 0.377. The van der Waals surface area contributed by atoms with Gasteiger partial charge in [0, 0.05) is 11.7 Å². The lowest BCUT2D eigenvalue weighted by Crippen LogP contribution is -2.29. The van der Waals surface area contributed by atoms with E-state index in [4.69, 9.17) is 0 Å². The van der Waals surface area contributed by atoms with Crippen molar-refractivity contribution in [2.45, 2.75) is 45.3 Å². The Morgan fingerprint density at radius 2 is 2.20 bits per heavy atom. The van der Waals surface area contributed by atoms with Crippen LogP contribution >= 0.6 is 0 Å². The summed E-state index contributed by atoms with van der Waals surface area (Å²) < 4.78 is 0. The van der Waals surface area contributed by atoms with Crippen molar-refractivity contribution in [2.75, 3.05) is 5.32 Å². The maximum atomic E-state index is 9.77. The number of fused-ring (bicyclic) bond motifs is 1. The maximum Gasteiger partial charge on any atom is 0.0611 e. The zero-order chi connectivity index (χ0) is 11.1. The second kappa shape index (κ2) is 3.53. The molecule has 0 radical (unpaired) electrons. The number of anilines is 1. The molecule has 2 nitrogen and oxygen atoms in total. The lowest BCUT2D eigenvalue weighted by atomic mass is 9.97. The fourth-order valence-corrected chi connectivity index (χ4v) is 2.29. The van der Waals surface area contributed by atoms with E-state index in [2.05, 4.69) is 30.4 Å². The number of hydrogen-bond donors (Lipinski definition) is 2. The normalized spacial score (nSPS) is 19.9. The van der Waals surface area contributed by atoms with Crippen LogP contribution in [0.25, 0.3) is 0 Å². The minimum atomic E-state index is -0.589. The van der Waals surface area contributed by atoms with E-state index in [0.717, 1.165) is 12.8 Å². The lowest BCUT2D eigenvalue weighted by molar-refractivity contribution is 0.0663. The molecule has 0 saturated carbocycles. The Balaban J connectivity index is 2.09. The first kappa shape index (κ1) is 10.5. The van der Waals surface area contributed by atoms with Crippen LogP contribution in [0.5, 0.6) is 0 Å². The second-order valence-corrected chi connectivity index (χ2v) is 5.22. The van der Waals surface area contributed by atoms with Crippen LogP contribution in [0.2, 0.25) is 0 Å². The van der Waals surface area contributed by atoms with Crippen molar-refractivity contribution in [2.24, 2.45) is 0 Å². The molecule has 1 unspecified atom stereocenters. The molecule has 1 aromatic rings. The molecule has 0 saturated heterocycles. The highest BCUT2D eigenvalue weighted by Gasteiger charge is 2.26. The van der Waals surface area contributed by atoms with Crippen molar-refractivity contribution < 1.29 is 5.11 Å². The minimum Gasteiger partial charge on any atom is -0.390 e. The third-order valence-electron chi connectivity index (χ3n) is 2.83. The van der Waals surface area contributed by atoms with Crippen LogP contribution in [0.15, 0.2) is 18.2 Å². The molecule has 1 aromatic carbocycles. The Morgan fingerprint density at radius 3 is 2.87 bits per heavy atom. The van der Waals surface area contributed by atoms with Gasteiger partial charge in [-0.05, 0) is 45.2 Å². The maximum absolute atomic E-state index is 9.77. The van der Waals surface area contributed by atoms with Gasteiger partial charge >= 0.3 is 0 Å². The van der Waals surface area contributed by atoms with Crippen molar-refractivity contribution in [1.82, 2.24) is 0 Å².